The average Bonchev–Trinajstić information content (AvgIpc) is 2.74. The minimum absolute atomic E-state index is 0.0492. The third kappa shape index (κ3) is 4.79. The van der Waals surface area contributed by atoms with Crippen molar-refractivity contribution in [2.24, 2.45) is 0 Å². The number of methoxy groups -OCH3 is 1. The molecule has 2 aromatic rings. The zero-order valence-corrected chi connectivity index (χ0v) is 19.2. The molecule has 0 radical (unpaired) electrons. The van der Waals surface area contributed by atoms with Crippen LogP contribution in [0.4, 0.5) is 4.39 Å². The van der Waals surface area contributed by atoms with Gasteiger partial charge in [-0.25, -0.2) is 22.6 Å². The Labute approximate surface area is 190 Å². The van der Waals surface area contributed by atoms with E-state index in [1.165, 1.54) is 13.2 Å². The van der Waals surface area contributed by atoms with E-state index in [0.717, 1.165) is 10.5 Å². The van der Waals surface area contributed by atoms with Crippen molar-refractivity contribution in [1.29, 1.82) is 0 Å². The van der Waals surface area contributed by atoms with Gasteiger partial charge in [0.2, 0.25) is 15.7 Å². The van der Waals surface area contributed by atoms with E-state index >= 15 is 0 Å². The van der Waals surface area contributed by atoms with Crippen LogP contribution in [0, 0.1) is 0 Å². The van der Waals surface area contributed by atoms with E-state index in [4.69, 9.17) is 32.7 Å². The predicted molar refractivity (Wildman–Crippen MR) is 115 cm³/mol. The van der Waals surface area contributed by atoms with Gasteiger partial charge in [-0.1, -0.05) is 23.2 Å². The maximum absolute atomic E-state index is 14.9. The van der Waals surface area contributed by atoms with Gasteiger partial charge in [-0.15, -0.1) is 0 Å². The van der Waals surface area contributed by atoms with E-state index in [9.17, 15) is 17.6 Å². The lowest BCUT2D eigenvalue weighted by molar-refractivity contribution is -0.160. The van der Waals surface area contributed by atoms with Crippen molar-refractivity contribution in [3.05, 3.63) is 40.6 Å². The summed E-state index contributed by atoms with van der Waals surface area (Å²) in [5.74, 6) is -0.491. The Balaban J connectivity index is 1.98. The summed E-state index contributed by atoms with van der Waals surface area (Å²) >= 11 is 12.4. The molecule has 0 aliphatic carbocycles. The summed E-state index contributed by atoms with van der Waals surface area (Å²) in [7, 11) is -2.61. The first-order chi connectivity index (χ1) is 14.6. The zero-order chi connectivity index (χ0) is 22.8. The van der Waals surface area contributed by atoms with Crippen LogP contribution in [0.15, 0.2) is 35.4 Å². The molecule has 2 heterocycles. The molecule has 0 unspecified atom stereocenters. The third-order valence-corrected chi connectivity index (χ3v) is 7.53. The second-order valence-electron chi connectivity index (χ2n) is 6.94. The van der Waals surface area contributed by atoms with Crippen molar-refractivity contribution in [3.8, 4) is 16.9 Å². The van der Waals surface area contributed by atoms with Gasteiger partial charge in [0, 0.05) is 48.3 Å². The molecule has 1 aliphatic rings. The number of piperidine rings is 1. The summed E-state index contributed by atoms with van der Waals surface area (Å²) < 4.78 is 52.8. The number of pyridine rings is 1. The van der Waals surface area contributed by atoms with Crippen LogP contribution in [-0.2, 0) is 19.6 Å². The maximum Gasteiger partial charge on any atom is 0.343 e. The van der Waals surface area contributed by atoms with Gasteiger partial charge in [-0.2, -0.15) is 4.31 Å². The standard InChI is InChI=1S/C20H21Cl2FN2O5S/c1-3-30-19(26)20(23)6-8-25(9-7-20)31(27,28)17-12-24-18(22)11-15(17)14-10-13(29-2)4-5-16(14)21/h4-5,10-12H,3,6-9H2,1-2H3. The fourth-order valence-corrected chi connectivity index (χ4v) is 5.31. The summed E-state index contributed by atoms with van der Waals surface area (Å²) in [5.41, 5.74) is -1.57. The van der Waals surface area contributed by atoms with E-state index < -0.39 is 21.7 Å². The number of ether oxygens (including phenoxy) is 2. The molecule has 0 bridgehead atoms. The van der Waals surface area contributed by atoms with Crippen molar-refractivity contribution in [3.63, 3.8) is 0 Å². The van der Waals surface area contributed by atoms with Gasteiger partial charge >= 0.3 is 5.97 Å². The molecule has 3 rings (SSSR count). The molecule has 0 spiro atoms. The van der Waals surface area contributed by atoms with E-state index in [-0.39, 0.29) is 48.2 Å². The second kappa shape index (κ2) is 9.28. The van der Waals surface area contributed by atoms with Gasteiger partial charge in [-0.05, 0) is 31.2 Å². The quantitative estimate of drug-likeness (QED) is 0.447. The lowest BCUT2D eigenvalue weighted by Crippen LogP contribution is -2.49. The maximum atomic E-state index is 14.9. The minimum Gasteiger partial charge on any atom is -0.497 e. The number of rotatable bonds is 6. The number of nitrogens with zero attached hydrogens (tertiary/aromatic N) is 2. The molecule has 1 aromatic carbocycles. The summed E-state index contributed by atoms with van der Waals surface area (Å²) in [6, 6.07) is 6.22. The third-order valence-electron chi connectivity index (χ3n) is 5.07. The normalized spacial score (nSPS) is 16.7. The van der Waals surface area contributed by atoms with Gasteiger partial charge in [0.15, 0.2) is 0 Å². The van der Waals surface area contributed by atoms with Crippen LogP contribution in [0.5, 0.6) is 5.75 Å². The Morgan fingerprint density at radius 2 is 1.90 bits per heavy atom. The average molecular weight is 491 g/mol. The Morgan fingerprint density at radius 3 is 2.52 bits per heavy atom. The van der Waals surface area contributed by atoms with Crippen molar-refractivity contribution in [1.82, 2.24) is 9.29 Å². The molecule has 31 heavy (non-hydrogen) atoms. The SMILES string of the molecule is CCOC(=O)C1(F)CCN(S(=O)(=O)c2cnc(Cl)cc2-c2cc(OC)ccc2Cl)CC1. The van der Waals surface area contributed by atoms with Gasteiger partial charge in [0.1, 0.15) is 15.8 Å². The molecule has 0 amide bonds. The number of esters is 1. The molecular weight excluding hydrogens is 470 g/mol. The molecule has 1 fully saturated rings. The Hall–Kier alpha value is -1.94. The van der Waals surface area contributed by atoms with Crippen LogP contribution in [0.25, 0.3) is 11.1 Å². The smallest absolute Gasteiger partial charge is 0.343 e. The molecule has 168 valence electrons. The fourth-order valence-electron chi connectivity index (χ4n) is 3.36. The highest BCUT2D eigenvalue weighted by Crippen LogP contribution is 2.38. The molecule has 7 nitrogen and oxygen atoms in total. The van der Waals surface area contributed by atoms with Gasteiger partial charge in [0.05, 0.1) is 13.7 Å². The topological polar surface area (TPSA) is 85.8 Å². The number of hydrogen-bond acceptors (Lipinski definition) is 6. The number of sulfonamides is 1. The predicted octanol–water partition coefficient (Wildman–Crippen LogP) is 4.12. The number of aromatic nitrogens is 1. The summed E-state index contributed by atoms with van der Waals surface area (Å²) in [4.78, 5) is 15.7. The monoisotopic (exact) mass is 490 g/mol. The molecular formula is C20H21Cl2FN2O5S. The first-order valence-corrected chi connectivity index (χ1v) is 11.7. The van der Waals surface area contributed by atoms with Crippen molar-refractivity contribution >= 4 is 39.2 Å². The Kier molecular flexibility index (Phi) is 7.10. The van der Waals surface area contributed by atoms with Crippen LogP contribution >= 0.6 is 23.2 Å². The van der Waals surface area contributed by atoms with Crippen LogP contribution < -0.4 is 4.74 Å². The number of carbonyl (C=O) groups excluding carboxylic acids is 1. The van der Waals surface area contributed by atoms with Crippen LogP contribution in [0.1, 0.15) is 19.8 Å². The number of alkyl halides is 1. The lowest BCUT2D eigenvalue weighted by Gasteiger charge is -2.34. The minimum atomic E-state index is -4.09. The first kappa shape index (κ1) is 23.7. The lowest BCUT2D eigenvalue weighted by atomic mass is 9.95. The Bertz CT molecular complexity index is 1090. The van der Waals surface area contributed by atoms with Crippen molar-refractivity contribution in [2.45, 2.75) is 30.3 Å². The summed E-state index contributed by atoms with van der Waals surface area (Å²) in [6.07, 6.45) is 0.536. The summed E-state index contributed by atoms with van der Waals surface area (Å²) in [6.45, 7) is 1.25. The first-order valence-electron chi connectivity index (χ1n) is 9.48. The number of carbonyl (C=O) groups is 1. The van der Waals surface area contributed by atoms with Crippen molar-refractivity contribution in [2.75, 3.05) is 26.8 Å². The number of halogens is 3. The van der Waals surface area contributed by atoms with Crippen LogP contribution in [0.2, 0.25) is 10.2 Å². The zero-order valence-electron chi connectivity index (χ0n) is 16.9. The molecule has 0 saturated carbocycles. The number of hydrogen-bond donors (Lipinski definition) is 0. The van der Waals surface area contributed by atoms with Crippen LogP contribution in [-0.4, -0.2) is 56.2 Å². The molecule has 0 N–H and O–H groups in total. The van der Waals surface area contributed by atoms with Gasteiger partial charge < -0.3 is 9.47 Å². The van der Waals surface area contributed by atoms with E-state index in [1.807, 2.05) is 0 Å². The van der Waals surface area contributed by atoms with Crippen molar-refractivity contribution < 1.29 is 27.1 Å². The highest BCUT2D eigenvalue weighted by atomic mass is 35.5. The summed E-state index contributed by atoms with van der Waals surface area (Å²) in [5, 5.41) is 0.375. The highest BCUT2D eigenvalue weighted by Gasteiger charge is 2.46. The molecule has 1 saturated heterocycles. The molecule has 0 atom stereocenters. The molecule has 1 aliphatic heterocycles. The fraction of sp³-hybridized carbons (Fsp3) is 0.400. The van der Waals surface area contributed by atoms with E-state index in [1.54, 1.807) is 25.1 Å². The largest absolute Gasteiger partial charge is 0.497 e. The van der Waals surface area contributed by atoms with E-state index in [0.29, 0.717) is 16.3 Å². The van der Waals surface area contributed by atoms with Gasteiger partial charge in [0.25, 0.3) is 0 Å². The Morgan fingerprint density at radius 1 is 1.23 bits per heavy atom. The van der Waals surface area contributed by atoms with E-state index in [2.05, 4.69) is 4.98 Å². The number of benzene rings is 1. The highest BCUT2D eigenvalue weighted by molar-refractivity contribution is 7.89. The molecule has 11 heteroatoms. The van der Waals surface area contributed by atoms with Gasteiger partial charge in [-0.3, -0.25) is 0 Å². The second-order valence-corrected chi connectivity index (χ2v) is 9.64. The van der Waals surface area contributed by atoms with Crippen LogP contribution in [0.3, 0.4) is 0 Å². The molecule has 1 aromatic heterocycles.